The van der Waals surface area contributed by atoms with Gasteiger partial charge in [-0.15, -0.1) is 0 Å². The van der Waals surface area contributed by atoms with Crippen LogP contribution in [0.15, 0.2) is 53.4 Å². The highest BCUT2D eigenvalue weighted by Gasteiger charge is 2.16. The molecule has 0 spiro atoms. The maximum Gasteiger partial charge on any atom is 0.264 e. The second kappa shape index (κ2) is 8.04. The van der Waals surface area contributed by atoms with Crippen molar-refractivity contribution in [3.63, 3.8) is 0 Å². The van der Waals surface area contributed by atoms with Gasteiger partial charge in [-0.3, -0.25) is 0 Å². The van der Waals surface area contributed by atoms with Crippen LogP contribution in [0.3, 0.4) is 0 Å². The van der Waals surface area contributed by atoms with Crippen molar-refractivity contribution in [2.45, 2.75) is 25.3 Å². The Morgan fingerprint density at radius 3 is 2.29 bits per heavy atom. The molecule has 1 aromatic heterocycles. The van der Waals surface area contributed by atoms with E-state index in [0.717, 1.165) is 0 Å². The van der Waals surface area contributed by atoms with Crippen molar-refractivity contribution in [3.8, 4) is 5.75 Å². The molecule has 0 atom stereocenters. The van der Waals surface area contributed by atoms with Gasteiger partial charge in [0.1, 0.15) is 5.75 Å². The molecule has 0 saturated heterocycles. The van der Waals surface area contributed by atoms with Gasteiger partial charge >= 0.3 is 0 Å². The van der Waals surface area contributed by atoms with E-state index in [1.807, 2.05) is 0 Å². The van der Waals surface area contributed by atoms with E-state index >= 15 is 0 Å². The van der Waals surface area contributed by atoms with Gasteiger partial charge in [0.05, 0.1) is 4.90 Å². The average molecular weight is 419 g/mol. The van der Waals surface area contributed by atoms with E-state index in [4.69, 9.17) is 11.6 Å². The Morgan fingerprint density at radius 1 is 1.00 bits per heavy atom. The van der Waals surface area contributed by atoms with Crippen molar-refractivity contribution in [3.05, 3.63) is 70.5 Å². The fourth-order valence-electron chi connectivity index (χ4n) is 2.60. The third-order valence-electron chi connectivity index (χ3n) is 3.90. The molecular weight excluding hydrogens is 400 g/mol. The lowest BCUT2D eigenvalue weighted by molar-refractivity contribution is 0.469. The number of phenolic OH excluding ortho intramolecular Hbond substituents is 1. The molecule has 0 unspecified atom stereocenters. The van der Waals surface area contributed by atoms with Crippen molar-refractivity contribution in [2.75, 3.05) is 10.0 Å². The quantitative estimate of drug-likeness (QED) is 0.561. The molecular formula is C19H19ClN4O3S. The fraction of sp³-hybridized carbons (Fsp3) is 0.158. The molecule has 0 aliphatic heterocycles. The van der Waals surface area contributed by atoms with Crippen LogP contribution in [0.2, 0.25) is 5.02 Å². The minimum Gasteiger partial charge on any atom is -0.508 e. The SMILES string of the molecule is Cc1cc(C)nc(NS(=O)(=O)c2ccc(NCc3cc(Cl)ccc3O)cc2)n1. The first-order chi connectivity index (χ1) is 13.2. The van der Waals surface area contributed by atoms with Crippen LogP contribution in [0.1, 0.15) is 17.0 Å². The summed E-state index contributed by atoms with van der Waals surface area (Å²) in [5.41, 5.74) is 2.68. The number of aryl methyl sites for hydroxylation is 2. The summed E-state index contributed by atoms with van der Waals surface area (Å²) in [5, 5.41) is 13.5. The molecule has 3 aromatic rings. The van der Waals surface area contributed by atoms with Crippen LogP contribution >= 0.6 is 11.6 Å². The first-order valence-corrected chi connectivity index (χ1v) is 10.3. The van der Waals surface area contributed by atoms with Gasteiger partial charge in [0, 0.05) is 34.2 Å². The minimum atomic E-state index is -3.80. The van der Waals surface area contributed by atoms with Crippen LogP contribution in [0.4, 0.5) is 11.6 Å². The molecule has 0 fully saturated rings. The highest BCUT2D eigenvalue weighted by molar-refractivity contribution is 7.92. The molecule has 0 aliphatic rings. The normalized spacial score (nSPS) is 11.2. The van der Waals surface area contributed by atoms with E-state index in [9.17, 15) is 13.5 Å². The number of hydrogen-bond acceptors (Lipinski definition) is 6. The Hall–Kier alpha value is -2.84. The molecule has 7 nitrogen and oxygen atoms in total. The molecule has 2 aromatic carbocycles. The molecule has 9 heteroatoms. The molecule has 3 rings (SSSR count). The molecule has 28 heavy (non-hydrogen) atoms. The topological polar surface area (TPSA) is 104 Å². The summed E-state index contributed by atoms with van der Waals surface area (Å²) in [6.45, 7) is 3.88. The summed E-state index contributed by atoms with van der Waals surface area (Å²) in [6.07, 6.45) is 0. The van der Waals surface area contributed by atoms with Crippen molar-refractivity contribution in [2.24, 2.45) is 0 Å². The Kier molecular flexibility index (Phi) is 5.71. The highest BCUT2D eigenvalue weighted by atomic mass is 35.5. The Labute approximate surface area is 168 Å². The number of aromatic nitrogens is 2. The molecule has 0 bridgehead atoms. The highest BCUT2D eigenvalue weighted by Crippen LogP contribution is 2.23. The van der Waals surface area contributed by atoms with Crippen LogP contribution < -0.4 is 10.0 Å². The van der Waals surface area contributed by atoms with Gasteiger partial charge < -0.3 is 10.4 Å². The van der Waals surface area contributed by atoms with Crippen molar-refractivity contribution < 1.29 is 13.5 Å². The number of hydrogen-bond donors (Lipinski definition) is 3. The Bertz CT molecular complexity index is 1080. The van der Waals surface area contributed by atoms with E-state index in [2.05, 4.69) is 20.0 Å². The third kappa shape index (κ3) is 4.90. The second-order valence-corrected chi connectivity index (χ2v) is 8.35. The summed E-state index contributed by atoms with van der Waals surface area (Å²) in [6, 6.07) is 12.8. The van der Waals surface area contributed by atoms with Crippen LogP contribution in [0.25, 0.3) is 0 Å². The monoisotopic (exact) mass is 418 g/mol. The minimum absolute atomic E-state index is 0.0381. The van der Waals surface area contributed by atoms with E-state index in [1.165, 1.54) is 18.2 Å². The number of sulfonamides is 1. The van der Waals surface area contributed by atoms with Crippen molar-refractivity contribution >= 4 is 33.3 Å². The van der Waals surface area contributed by atoms with E-state index in [0.29, 0.717) is 34.2 Å². The zero-order chi connectivity index (χ0) is 20.3. The largest absolute Gasteiger partial charge is 0.508 e. The van der Waals surface area contributed by atoms with E-state index in [-0.39, 0.29) is 16.6 Å². The van der Waals surface area contributed by atoms with Gasteiger partial charge in [0.25, 0.3) is 10.0 Å². The number of halogens is 1. The molecule has 1 heterocycles. The maximum absolute atomic E-state index is 12.5. The number of nitrogens with zero attached hydrogens (tertiary/aromatic N) is 2. The number of phenols is 1. The molecule has 0 radical (unpaired) electrons. The average Bonchev–Trinajstić information content (AvgIpc) is 2.61. The first kappa shape index (κ1) is 19.9. The van der Waals surface area contributed by atoms with Gasteiger partial charge in [-0.1, -0.05) is 11.6 Å². The van der Waals surface area contributed by atoms with Crippen molar-refractivity contribution in [1.82, 2.24) is 9.97 Å². The number of nitrogens with one attached hydrogen (secondary N) is 2. The Morgan fingerprint density at radius 2 is 1.64 bits per heavy atom. The smallest absolute Gasteiger partial charge is 0.264 e. The van der Waals surface area contributed by atoms with Crippen LogP contribution in [-0.2, 0) is 16.6 Å². The molecule has 0 aliphatic carbocycles. The lowest BCUT2D eigenvalue weighted by Crippen LogP contribution is -2.15. The Balaban J connectivity index is 1.71. The molecule has 3 N–H and O–H groups in total. The summed E-state index contributed by atoms with van der Waals surface area (Å²) in [5.74, 6) is 0.171. The van der Waals surface area contributed by atoms with Crippen LogP contribution in [0, 0.1) is 13.8 Å². The number of anilines is 2. The number of rotatable bonds is 6. The first-order valence-electron chi connectivity index (χ1n) is 8.39. The predicted octanol–water partition coefficient (Wildman–Crippen LogP) is 3.87. The van der Waals surface area contributed by atoms with E-state index in [1.54, 1.807) is 44.2 Å². The fourth-order valence-corrected chi connectivity index (χ4v) is 3.73. The predicted molar refractivity (Wildman–Crippen MR) is 109 cm³/mol. The van der Waals surface area contributed by atoms with Gasteiger partial charge in [0.15, 0.2) is 0 Å². The lowest BCUT2D eigenvalue weighted by Gasteiger charge is -2.11. The van der Waals surface area contributed by atoms with E-state index < -0.39 is 10.0 Å². The lowest BCUT2D eigenvalue weighted by atomic mass is 10.2. The molecule has 0 saturated carbocycles. The standard InChI is InChI=1S/C19H19ClN4O3S/c1-12-9-13(2)23-19(22-12)24-28(26,27)17-6-4-16(5-7-17)21-11-14-10-15(20)3-8-18(14)25/h3-10,21,25H,11H2,1-2H3,(H,22,23,24). The van der Waals surface area contributed by atoms with Gasteiger partial charge in [-0.2, -0.15) is 0 Å². The summed E-state index contributed by atoms with van der Waals surface area (Å²) >= 11 is 5.93. The van der Waals surface area contributed by atoms with Gasteiger partial charge in [-0.05, 0) is 62.4 Å². The zero-order valence-electron chi connectivity index (χ0n) is 15.3. The molecule has 146 valence electrons. The number of aromatic hydroxyl groups is 1. The van der Waals surface area contributed by atoms with Crippen LogP contribution in [0.5, 0.6) is 5.75 Å². The zero-order valence-corrected chi connectivity index (χ0v) is 16.8. The second-order valence-electron chi connectivity index (χ2n) is 6.23. The summed E-state index contributed by atoms with van der Waals surface area (Å²) in [7, 11) is -3.80. The van der Waals surface area contributed by atoms with Gasteiger partial charge in [-0.25, -0.2) is 23.1 Å². The summed E-state index contributed by atoms with van der Waals surface area (Å²) in [4.78, 5) is 8.27. The maximum atomic E-state index is 12.5. The van der Waals surface area contributed by atoms with Crippen LogP contribution in [-0.4, -0.2) is 23.5 Å². The number of benzene rings is 2. The third-order valence-corrected chi connectivity index (χ3v) is 5.48. The van der Waals surface area contributed by atoms with Crippen molar-refractivity contribution in [1.29, 1.82) is 0 Å². The molecule has 0 amide bonds. The van der Waals surface area contributed by atoms with Gasteiger partial charge in [0.2, 0.25) is 5.95 Å². The summed E-state index contributed by atoms with van der Waals surface area (Å²) < 4.78 is 27.5.